The van der Waals surface area contributed by atoms with Crippen LogP contribution in [0.5, 0.6) is 0 Å². The number of nitrogens with zero attached hydrogens (tertiary/aromatic N) is 4. The zero-order valence-corrected chi connectivity index (χ0v) is 14.2. The van der Waals surface area contributed by atoms with E-state index in [2.05, 4.69) is 35.6 Å². The molecule has 0 aliphatic carbocycles. The van der Waals surface area contributed by atoms with Crippen molar-refractivity contribution in [1.82, 2.24) is 15.0 Å². The minimum Gasteiger partial charge on any atom is -0.442 e. The van der Waals surface area contributed by atoms with Gasteiger partial charge in [0.25, 0.3) is 0 Å². The topological polar surface area (TPSA) is 60.3 Å². The largest absolute Gasteiger partial charge is 0.442 e. The summed E-state index contributed by atoms with van der Waals surface area (Å²) in [7, 11) is 0. The number of ether oxygens (including phenoxy) is 1. The third-order valence-electron chi connectivity index (χ3n) is 2.94. The predicted octanol–water partition coefficient (Wildman–Crippen LogP) is 2.91. The smallest absolute Gasteiger partial charge is 0.414 e. The highest BCUT2D eigenvalue weighted by Gasteiger charge is 2.32. The summed E-state index contributed by atoms with van der Waals surface area (Å²) in [5, 5.41) is 7.59. The summed E-state index contributed by atoms with van der Waals surface area (Å²) in [6.45, 7) is 4.94. The first-order valence-corrected chi connectivity index (χ1v) is 7.86. The van der Waals surface area contributed by atoms with Crippen molar-refractivity contribution in [2.24, 2.45) is 0 Å². The van der Waals surface area contributed by atoms with Gasteiger partial charge in [-0.3, -0.25) is 4.90 Å². The summed E-state index contributed by atoms with van der Waals surface area (Å²) in [5.74, 6) is 0. The zero-order valence-electron chi connectivity index (χ0n) is 12.4. The number of aromatic nitrogens is 3. The minimum absolute atomic E-state index is 0.254. The number of hydrogen-bond donors (Lipinski definition) is 2. The van der Waals surface area contributed by atoms with E-state index in [0.29, 0.717) is 13.1 Å². The molecule has 0 saturated carbocycles. The maximum absolute atomic E-state index is 11.9. The van der Waals surface area contributed by atoms with Crippen molar-refractivity contribution in [2.45, 2.75) is 36.3 Å². The first kappa shape index (κ1) is 16.7. The Bertz CT molecular complexity index is 614. The number of carbonyl (C=O) groups is 1. The number of thiol groups is 2. The molecule has 118 valence electrons. The van der Waals surface area contributed by atoms with Gasteiger partial charge in [-0.25, -0.2) is 9.48 Å². The molecule has 1 aromatic heterocycles. The van der Waals surface area contributed by atoms with E-state index in [-0.39, 0.29) is 12.2 Å². The van der Waals surface area contributed by atoms with Crippen LogP contribution in [0.3, 0.4) is 0 Å². The summed E-state index contributed by atoms with van der Waals surface area (Å²) in [4.78, 5) is 15.0. The number of carbonyl (C=O) groups excluding carboxylic acids is 1. The second-order valence-corrected chi connectivity index (χ2v) is 5.48. The summed E-state index contributed by atoms with van der Waals surface area (Å²) in [5.41, 5.74) is 0.730. The van der Waals surface area contributed by atoms with Gasteiger partial charge in [-0.1, -0.05) is 19.1 Å². The molecule has 6 nitrogen and oxygen atoms in total. The molecule has 1 unspecified atom stereocenters. The summed E-state index contributed by atoms with van der Waals surface area (Å²) < 4.78 is 6.97. The van der Waals surface area contributed by atoms with Crippen LogP contribution in [-0.4, -0.2) is 33.7 Å². The first-order chi connectivity index (χ1) is 10.6. The van der Waals surface area contributed by atoms with Crippen molar-refractivity contribution < 1.29 is 9.53 Å². The van der Waals surface area contributed by atoms with Crippen molar-refractivity contribution in [3.05, 3.63) is 30.6 Å². The first-order valence-electron chi connectivity index (χ1n) is 6.97. The molecule has 1 saturated heterocycles. The third-order valence-corrected chi connectivity index (χ3v) is 3.45. The molecule has 2 heterocycles. The second kappa shape index (κ2) is 7.55. The van der Waals surface area contributed by atoms with Crippen molar-refractivity contribution in [3.63, 3.8) is 0 Å². The fourth-order valence-electron chi connectivity index (χ4n) is 2.10. The number of cyclic esters (lactones) is 1. The van der Waals surface area contributed by atoms with Gasteiger partial charge in [0.05, 0.1) is 19.3 Å². The fourth-order valence-corrected chi connectivity index (χ4v) is 2.75. The van der Waals surface area contributed by atoms with Crippen LogP contribution < -0.4 is 4.90 Å². The molecule has 0 bridgehead atoms. The van der Waals surface area contributed by atoms with Crippen LogP contribution in [0.1, 0.15) is 13.8 Å². The average molecular weight is 338 g/mol. The van der Waals surface area contributed by atoms with E-state index in [1.165, 1.54) is 0 Å². The Morgan fingerprint density at radius 3 is 2.55 bits per heavy atom. The Kier molecular flexibility index (Phi) is 5.73. The molecule has 0 N–H and O–H groups in total. The highest BCUT2D eigenvalue weighted by atomic mass is 32.1. The Labute approximate surface area is 140 Å². The van der Waals surface area contributed by atoms with E-state index in [4.69, 9.17) is 4.74 Å². The molecule has 1 amide bonds. The summed E-state index contributed by atoms with van der Waals surface area (Å²) in [6, 6.07) is 5.42. The van der Waals surface area contributed by atoms with Gasteiger partial charge in [0.1, 0.15) is 6.10 Å². The SMILES string of the molecule is CC.O=C1OC(Cn2ccnn2)CN1c1cc(S)cc(S)c1. The molecular weight excluding hydrogens is 320 g/mol. The number of benzene rings is 1. The average Bonchev–Trinajstić information content (AvgIpc) is 3.10. The van der Waals surface area contributed by atoms with Crippen LogP contribution in [0.4, 0.5) is 10.5 Å². The lowest BCUT2D eigenvalue weighted by molar-refractivity contribution is 0.129. The van der Waals surface area contributed by atoms with Crippen LogP contribution in [-0.2, 0) is 11.3 Å². The highest BCUT2D eigenvalue weighted by molar-refractivity contribution is 7.81. The molecule has 1 aromatic carbocycles. The van der Waals surface area contributed by atoms with E-state index in [0.717, 1.165) is 15.5 Å². The minimum atomic E-state index is -0.373. The van der Waals surface area contributed by atoms with Gasteiger partial charge < -0.3 is 4.74 Å². The van der Waals surface area contributed by atoms with Crippen LogP contribution in [0.25, 0.3) is 0 Å². The van der Waals surface area contributed by atoms with Crippen molar-refractivity contribution in [1.29, 1.82) is 0 Å². The van der Waals surface area contributed by atoms with Crippen molar-refractivity contribution in [2.75, 3.05) is 11.4 Å². The van der Waals surface area contributed by atoms with E-state index < -0.39 is 0 Å². The molecule has 3 rings (SSSR count). The van der Waals surface area contributed by atoms with E-state index in [9.17, 15) is 4.79 Å². The van der Waals surface area contributed by atoms with Crippen LogP contribution in [0.15, 0.2) is 40.4 Å². The van der Waals surface area contributed by atoms with Gasteiger partial charge >= 0.3 is 6.09 Å². The normalized spacial score (nSPS) is 17.0. The lowest BCUT2D eigenvalue weighted by Gasteiger charge is -2.14. The Morgan fingerprint density at radius 2 is 1.95 bits per heavy atom. The molecule has 22 heavy (non-hydrogen) atoms. The van der Waals surface area contributed by atoms with Gasteiger partial charge in [0.2, 0.25) is 0 Å². The lowest BCUT2D eigenvalue weighted by atomic mass is 10.2. The number of hydrogen-bond acceptors (Lipinski definition) is 6. The molecular formula is C14H18N4O2S2. The fraction of sp³-hybridized carbons (Fsp3) is 0.357. The standard InChI is InChI=1S/C12H12N4O2S2.C2H6/c17-12-16(8-3-10(19)5-11(20)4-8)7-9(18-12)6-15-2-1-13-14-15;1-2/h1-5,9,19-20H,6-7H2;1-2H3. The monoisotopic (exact) mass is 338 g/mol. The Hall–Kier alpha value is -1.67. The van der Waals surface area contributed by atoms with Crippen LogP contribution >= 0.6 is 25.3 Å². The molecule has 2 aromatic rings. The highest BCUT2D eigenvalue weighted by Crippen LogP contribution is 2.27. The number of rotatable bonds is 3. The molecule has 1 atom stereocenters. The molecule has 0 spiro atoms. The number of anilines is 1. The Balaban J connectivity index is 0.000000847. The molecule has 1 aliphatic rings. The van der Waals surface area contributed by atoms with Gasteiger partial charge in [-0.2, -0.15) is 0 Å². The van der Waals surface area contributed by atoms with Gasteiger partial charge in [-0.15, -0.1) is 30.4 Å². The molecule has 0 radical (unpaired) electrons. The van der Waals surface area contributed by atoms with Crippen LogP contribution in [0.2, 0.25) is 0 Å². The van der Waals surface area contributed by atoms with Gasteiger partial charge in [-0.05, 0) is 18.2 Å². The zero-order chi connectivity index (χ0) is 16.1. The molecule has 1 fully saturated rings. The molecule has 1 aliphatic heterocycles. The van der Waals surface area contributed by atoms with Crippen molar-refractivity contribution in [3.8, 4) is 0 Å². The lowest BCUT2D eigenvalue weighted by Crippen LogP contribution is -2.26. The Morgan fingerprint density at radius 1 is 1.27 bits per heavy atom. The van der Waals surface area contributed by atoms with E-state index in [1.807, 2.05) is 32.0 Å². The third kappa shape index (κ3) is 3.95. The number of amides is 1. The summed E-state index contributed by atoms with van der Waals surface area (Å²) >= 11 is 8.58. The van der Waals surface area contributed by atoms with Crippen LogP contribution in [0, 0.1) is 0 Å². The quantitative estimate of drug-likeness (QED) is 0.845. The maximum Gasteiger partial charge on any atom is 0.414 e. The van der Waals surface area contributed by atoms with E-state index >= 15 is 0 Å². The maximum atomic E-state index is 11.9. The van der Waals surface area contributed by atoms with Crippen molar-refractivity contribution >= 4 is 37.0 Å². The van der Waals surface area contributed by atoms with E-state index in [1.54, 1.807) is 22.0 Å². The molecule has 8 heteroatoms. The predicted molar refractivity (Wildman–Crippen MR) is 89.9 cm³/mol. The van der Waals surface area contributed by atoms with Gasteiger partial charge in [0.15, 0.2) is 0 Å². The van der Waals surface area contributed by atoms with Gasteiger partial charge in [0, 0.05) is 21.7 Å². The second-order valence-electron chi connectivity index (χ2n) is 4.45. The summed E-state index contributed by atoms with van der Waals surface area (Å²) in [6.07, 6.45) is 2.70.